The first-order chi connectivity index (χ1) is 16.3. The lowest BCUT2D eigenvalue weighted by Crippen LogP contribution is -1.98. The minimum Gasteiger partial charge on any atom is -0.144 e. The van der Waals surface area contributed by atoms with Crippen molar-refractivity contribution in [2.75, 3.05) is 0 Å². The smallest absolute Gasteiger partial charge is 0.0352 e. The summed E-state index contributed by atoms with van der Waals surface area (Å²) in [6, 6.07) is 23.5. The molecule has 0 amide bonds. The van der Waals surface area contributed by atoms with Gasteiger partial charge in [-0.2, -0.15) is 0 Å². The Morgan fingerprint density at radius 2 is 1.30 bits per heavy atom. The molecule has 0 unspecified atom stereocenters. The van der Waals surface area contributed by atoms with Gasteiger partial charge in [0.1, 0.15) is 0 Å². The zero-order valence-electron chi connectivity index (χ0n) is 19.3. The Morgan fingerprint density at radius 3 is 2.09 bits per heavy atom. The van der Waals surface area contributed by atoms with E-state index >= 15 is 0 Å². The molecule has 0 radical (unpaired) electrons. The molecule has 0 saturated carbocycles. The molecule has 1 aliphatic rings. The first kappa shape index (κ1) is 21.1. The summed E-state index contributed by atoms with van der Waals surface area (Å²) in [7, 11) is 0. The number of fused-ring (bicyclic) bond motifs is 8. The van der Waals surface area contributed by atoms with Crippen molar-refractivity contribution in [3.63, 3.8) is 0 Å². The standard InChI is InChI=1S/C31H30S2/c1-2-3-4-5-6-7-21-8-10-22(11-9-21)12-13-23-20-27-29(33-23)17-15-26-30-24-18-19-32-28(24)16-14-25(30)31(26)27/h8-11,14-20H,2-7,12-13H2,1H3. The van der Waals surface area contributed by atoms with E-state index in [9.17, 15) is 0 Å². The van der Waals surface area contributed by atoms with Crippen molar-refractivity contribution in [1.82, 2.24) is 0 Å². The number of thiophene rings is 2. The minimum absolute atomic E-state index is 1.12. The predicted octanol–water partition coefficient (Wildman–Crippen LogP) is 10.1. The highest BCUT2D eigenvalue weighted by Crippen LogP contribution is 2.55. The molecule has 2 aromatic heterocycles. The van der Waals surface area contributed by atoms with E-state index < -0.39 is 0 Å². The minimum atomic E-state index is 1.12. The number of aryl methyl sites for hydroxylation is 3. The zero-order valence-corrected chi connectivity index (χ0v) is 21.0. The SMILES string of the molecule is CCCCCCCc1ccc(CCc2cc3c4c(ccc3s2)-c2c-4ccc3sccc23)cc1. The lowest BCUT2D eigenvalue weighted by Gasteiger charge is -2.25. The average Bonchev–Trinajstić information content (AvgIpc) is 3.46. The van der Waals surface area contributed by atoms with Crippen molar-refractivity contribution in [2.45, 2.75) is 58.3 Å². The van der Waals surface area contributed by atoms with Gasteiger partial charge >= 0.3 is 0 Å². The Balaban J connectivity index is 1.14. The molecule has 2 heteroatoms. The lowest BCUT2D eigenvalue weighted by atomic mass is 9.77. The van der Waals surface area contributed by atoms with Crippen LogP contribution in [0.15, 0.2) is 66.0 Å². The molecule has 0 bridgehead atoms. The summed E-state index contributed by atoms with van der Waals surface area (Å²) in [6.07, 6.45) is 10.3. The van der Waals surface area contributed by atoms with Gasteiger partial charge in [-0.25, -0.2) is 0 Å². The Hall–Kier alpha value is -2.42. The van der Waals surface area contributed by atoms with Crippen LogP contribution in [0.4, 0.5) is 0 Å². The highest BCUT2D eigenvalue weighted by Gasteiger charge is 2.27. The van der Waals surface area contributed by atoms with Crippen LogP contribution >= 0.6 is 22.7 Å². The second-order valence-electron chi connectivity index (χ2n) is 9.41. The molecule has 0 atom stereocenters. The third-order valence-electron chi connectivity index (χ3n) is 7.18. The quantitative estimate of drug-likeness (QED) is 0.186. The Morgan fingerprint density at radius 1 is 0.606 bits per heavy atom. The molecule has 0 fully saturated rings. The molecular weight excluding hydrogens is 436 g/mol. The molecule has 0 aliphatic heterocycles. The maximum absolute atomic E-state index is 2.46. The first-order valence-corrected chi connectivity index (χ1v) is 14.2. The summed E-state index contributed by atoms with van der Waals surface area (Å²) in [5, 5.41) is 5.09. The highest BCUT2D eigenvalue weighted by atomic mass is 32.1. The molecule has 5 aromatic rings. The normalized spacial score (nSPS) is 12.2. The summed E-state index contributed by atoms with van der Waals surface area (Å²) in [5.74, 6) is 0. The van der Waals surface area contributed by atoms with E-state index in [2.05, 4.69) is 73.0 Å². The number of hydrogen-bond donors (Lipinski definition) is 0. The van der Waals surface area contributed by atoms with Crippen LogP contribution in [0.3, 0.4) is 0 Å². The second-order valence-corrected chi connectivity index (χ2v) is 11.5. The fourth-order valence-corrected chi connectivity index (χ4v) is 7.20. The maximum Gasteiger partial charge on any atom is 0.0352 e. The fraction of sp³-hybridized carbons (Fsp3) is 0.290. The van der Waals surface area contributed by atoms with Crippen LogP contribution < -0.4 is 0 Å². The lowest BCUT2D eigenvalue weighted by molar-refractivity contribution is 0.632. The van der Waals surface area contributed by atoms with Crippen LogP contribution in [0.1, 0.15) is 55.0 Å². The number of hydrogen-bond acceptors (Lipinski definition) is 2. The predicted molar refractivity (Wildman–Crippen MR) is 148 cm³/mol. The molecule has 166 valence electrons. The molecule has 3 aromatic carbocycles. The van der Waals surface area contributed by atoms with Crippen molar-refractivity contribution >= 4 is 42.8 Å². The first-order valence-electron chi connectivity index (χ1n) is 12.5. The van der Waals surface area contributed by atoms with E-state index in [0.717, 1.165) is 12.8 Å². The van der Waals surface area contributed by atoms with Crippen LogP contribution in [0.2, 0.25) is 0 Å². The summed E-state index contributed by atoms with van der Waals surface area (Å²) >= 11 is 3.82. The van der Waals surface area contributed by atoms with Gasteiger partial charge in [-0.15, -0.1) is 22.7 Å². The number of unbranched alkanes of at least 4 members (excludes halogenated alkanes) is 4. The third-order valence-corrected chi connectivity index (χ3v) is 9.22. The number of benzene rings is 3. The number of rotatable bonds is 9. The van der Waals surface area contributed by atoms with Gasteiger partial charge in [-0.05, 0) is 88.7 Å². The molecule has 33 heavy (non-hydrogen) atoms. The topological polar surface area (TPSA) is 0 Å². The average molecular weight is 467 g/mol. The molecule has 6 rings (SSSR count). The van der Waals surface area contributed by atoms with Gasteiger partial charge in [0, 0.05) is 25.0 Å². The van der Waals surface area contributed by atoms with Crippen LogP contribution in [-0.4, -0.2) is 0 Å². The van der Waals surface area contributed by atoms with Crippen molar-refractivity contribution in [3.8, 4) is 22.3 Å². The van der Waals surface area contributed by atoms with E-state index in [1.807, 2.05) is 22.7 Å². The van der Waals surface area contributed by atoms with Crippen molar-refractivity contribution in [2.24, 2.45) is 0 Å². The van der Waals surface area contributed by atoms with E-state index in [1.165, 1.54) is 97.0 Å². The maximum atomic E-state index is 2.46. The highest BCUT2D eigenvalue weighted by molar-refractivity contribution is 7.19. The van der Waals surface area contributed by atoms with E-state index in [1.54, 1.807) is 0 Å². The fourth-order valence-electron chi connectivity index (χ4n) is 5.34. The molecule has 0 nitrogen and oxygen atoms in total. The Bertz CT molecular complexity index is 1420. The van der Waals surface area contributed by atoms with Gasteiger partial charge in [0.05, 0.1) is 0 Å². The summed E-state index contributed by atoms with van der Waals surface area (Å²) in [6.45, 7) is 2.28. The largest absolute Gasteiger partial charge is 0.144 e. The third kappa shape index (κ3) is 3.94. The Labute approximate surface area is 204 Å². The summed E-state index contributed by atoms with van der Waals surface area (Å²) in [5.41, 5.74) is 8.77. The molecule has 0 N–H and O–H groups in total. The summed E-state index contributed by atoms with van der Waals surface area (Å²) < 4.78 is 2.83. The molecular formula is C31H30S2. The van der Waals surface area contributed by atoms with E-state index in [-0.39, 0.29) is 0 Å². The second kappa shape index (κ2) is 9.08. The van der Waals surface area contributed by atoms with Crippen LogP contribution in [-0.2, 0) is 19.3 Å². The van der Waals surface area contributed by atoms with Gasteiger partial charge in [-0.3, -0.25) is 0 Å². The van der Waals surface area contributed by atoms with Crippen LogP contribution in [0.5, 0.6) is 0 Å². The van der Waals surface area contributed by atoms with Crippen molar-refractivity contribution in [1.29, 1.82) is 0 Å². The molecule has 0 spiro atoms. The van der Waals surface area contributed by atoms with Crippen LogP contribution in [0, 0.1) is 0 Å². The molecule has 1 aliphatic carbocycles. The zero-order chi connectivity index (χ0) is 22.2. The molecule has 2 heterocycles. The van der Waals surface area contributed by atoms with Crippen molar-refractivity contribution in [3.05, 3.63) is 82.0 Å². The summed E-state index contributed by atoms with van der Waals surface area (Å²) in [4.78, 5) is 1.50. The van der Waals surface area contributed by atoms with E-state index in [4.69, 9.17) is 0 Å². The van der Waals surface area contributed by atoms with Gasteiger partial charge in [0.2, 0.25) is 0 Å². The Kier molecular flexibility index (Phi) is 5.82. The monoisotopic (exact) mass is 466 g/mol. The van der Waals surface area contributed by atoms with Gasteiger partial charge < -0.3 is 0 Å². The van der Waals surface area contributed by atoms with Crippen LogP contribution in [0.25, 0.3) is 42.4 Å². The van der Waals surface area contributed by atoms with Gasteiger partial charge in [-0.1, -0.05) is 69.0 Å². The molecule has 0 saturated heterocycles. The van der Waals surface area contributed by atoms with E-state index in [0.29, 0.717) is 0 Å². The van der Waals surface area contributed by atoms with Gasteiger partial charge in [0.15, 0.2) is 0 Å². The van der Waals surface area contributed by atoms with Gasteiger partial charge in [0.25, 0.3) is 0 Å². The van der Waals surface area contributed by atoms with Crippen molar-refractivity contribution < 1.29 is 0 Å².